The van der Waals surface area contributed by atoms with Gasteiger partial charge in [-0.25, -0.2) is 8.42 Å². The van der Waals surface area contributed by atoms with E-state index in [2.05, 4.69) is 0 Å². The number of ether oxygens (including phenoxy) is 1. The Morgan fingerprint density at radius 1 is 1.00 bits per heavy atom. The largest absolute Gasteiger partial charge is 0.496 e. The van der Waals surface area contributed by atoms with Gasteiger partial charge >= 0.3 is 0 Å². The van der Waals surface area contributed by atoms with Crippen molar-refractivity contribution in [1.29, 1.82) is 0 Å². The summed E-state index contributed by atoms with van der Waals surface area (Å²) in [7, 11) is -1.84. The van der Waals surface area contributed by atoms with E-state index in [0.717, 1.165) is 33.6 Å². The zero-order valence-electron chi connectivity index (χ0n) is 13.9. The smallest absolute Gasteiger partial charge is 0.243 e. The van der Waals surface area contributed by atoms with Crippen molar-refractivity contribution in [3.8, 4) is 5.75 Å². The van der Waals surface area contributed by atoms with Gasteiger partial charge < -0.3 is 4.74 Å². The first-order chi connectivity index (χ1) is 10.8. The molecule has 0 spiro atoms. The van der Waals surface area contributed by atoms with Gasteiger partial charge in [-0.3, -0.25) is 0 Å². The summed E-state index contributed by atoms with van der Waals surface area (Å²) in [4.78, 5) is 0.346. The van der Waals surface area contributed by atoms with Gasteiger partial charge in [0.1, 0.15) is 5.75 Å². The average Bonchev–Trinajstić information content (AvgIpc) is 2.98. The van der Waals surface area contributed by atoms with Crippen LogP contribution in [0.15, 0.2) is 35.2 Å². The number of benzene rings is 2. The summed E-state index contributed by atoms with van der Waals surface area (Å²) >= 11 is 0. The van der Waals surface area contributed by atoms with Crippen molar-refractivity contribution in [2.24, 2.45) is 0 Å². The van der Waals surface area contributed by atoms with Gasteiger partial charge in [0.25, 0.3) is 0 Å². The van der Waals surface area contributed by atoms with Crippen molar-refractivity contribution in [2.75, 3.05) is 7.11 Å². The highest BCUT2D eigenvalue weighted by Crippen LogP contribution is 2.36. The summed E-state index contributed by atoms with van der Waals surface area (Å²) < 4.78 is 32.7. The van der Waals surface area contributed by atoms with E-state index in [9.17, 15) is 8.42 Å². The quantitative estimate of drug-likeness (QED) is 0.867. The van der Waals surface area contributed by atoms with Crippen molar-refractivity contribution in [3.63, 3.8) is 0 Å². The zero-order valence-corrected chi connectivity index (χ0v) is 14.7. The lowest BCUT2D eigenvalue weighted by Gasteiger charge is -2.16. The molecule has 0 bridgehead atoms. The third kappa shape index (κ3) is 2.64. The maximum absolute atomic E-state index is 12.9. The molecule has 4 nitrogen and oxygen atoms in total. The standard InChI is InChI=1S/C18H21NO3S/c1-12-5-7-15(8-6-12)23(20,21)19-10-16-13(2)9-18(22-4)14(3)17(16)11-19/h5-9H,10-11H2,1-4H3. The van der Waals surface area contributed by atoms with Crippen LogP contribution in [0.3, 0.4) is 0 Å². The number of nitrogens with zero attached hydrogens (tertiary/aromatic N) is 1. The lowest BCUT2D eigenvalue weighted by molar-refractivity contribution is 0.409. The molecule has 3 rings (SSSR count). The Morgan fingerprint density at radius 3 is 2.22 bits per heavy atom. The van der Waals surface area contributed by atoms with Crippen LogP contribution in [0.5, 0.6) is 5.75 Å². The maximum atomic E-state index is 12.9. The monoisotopic (exact) mass is 331 g/mol. The van der Waals surface area contributed by atoms with Gasteiger partial charge in [-0.1, -0.05) is 17.7 Å². The SMILES string of the molecule is COc1cc(C)c2c(c1C)CN(S(=O)(=O)c1ccc(C)cc1)C2. The van der Waals surface area contributed by atoms with E-state index in [0.29, 0.717) is 18.0 Å². The van der Waals surface area contributed by atoms with Crippen LogP contribution in [0.25, 0.3) is 0 Å². The van der Waals surface area contributed by atoms with Crippen LogP contribution in [0.2, 0.25) is 0 Å². The molecule has 0 N–H and O–H groups in total. The predicted molar refractivity (Wildman–Crippen MR) is 90.1 cm³/mol. The molecule has 2 aromatic rings. The molecule has 1 aliphatic heterocycles. The lowest BCUT2D eigenvalue weighted by Crippen LogP contribution is -2.25. The predicted octanol–water partition coefficient (Wildman–Crippen LogP) is 3.32. The molecule has 0 aliphatic carbocycles. The summed E-state index contributed by atoms with van der Waals surface area (Å²) in [6.07, 6.45) is 0. The van der Waals surface area contributed by atoms with Crippen LogP contribution >= 0.6 is 0 Å². The Hall–Kier alpha value is -1.85. The first-order valence-corrected chi connectivity index (χ1v) is 9.01. The normalized spacial score (nSPS) is 14.8. The first kappa shape index (κ1) is 16.0. The highest BCUT2D eigenvalue weighted by molar-refractivity contribution is 7.89. The third-order valence-corrected chi connectivity index (χ3v) is 6.36. The summed E-state index contributed by atoms with van der Waals surface area (Å²) in [6.45, 7) is 6.75. The molecule has 0 saturated carbocycles. The number of methoxy groups -OCH3 is 1. The van der Waals surface area contributed by atoms with Crippen molar-refractivity contribution in [2.45, 2.75) is 38.8 Å². The molecule has 23 heavy (non-hydrogen) atoms. The van der Waals surface area contributed by atoms with E-state index < -0.39 is 10.0 Å². The summed E-state index contributed by atoms with van der Waals surface area (Å²) in [5.74, 6) is 0.816. The molecular formula is C18H21NO3S. The minimum absolute atomic E-state index is 0.346. The van der Waals surface area contributed by atoms with Crippen LogP contribution in [-0.2, 0) is 23.1 Å². The van der Waals surface area contributed by atoms with Crippen molar-refractivity contribution in [3.05, 3.63) is 58.1 Å². The van der Waals surface area contributed by atoms with Gasteiger partial charge in [-0.15, -0.1) is 0 Å². The number of sulfonamides is 1. The Bertz CT molecular complexity index is 855. The van der Waals surface area contributed by atoms with E-state index in [1.54, 1.807) is 23.5 Å². The molecule has 0 amide bonds. The van der Waals surface area contributed by atoms with E-state index in [-0.39, 0.29) is 0 Å². The van der Waals surface area contributed by atoms with Gasteiger partial charge in [-0.2, -0.15) is 4.31 Å². The highest BCUT2D eigenvalue weighted by Gasteiger charge is 2.33. The van der Waals surface area contributed by atoms with E-state index >= 15 is 0 Å². The fourth-order valence-electron chi connectivity index (χ4n) is 3.09. The fourth-order valence-corrected chi connectivity index (χ4v) is 4.47. The van der Waals surface area contributed by atoms with Crippen molar-refractivity contribution < 1.29 is 13.2 Å². The molecule has 1 heterocycles. The number of hydrogen-bond acceptors (Lipinski definition) is 3. The maximum Gasteiger partial charge on any atom is 0.243 e. The van der Waals surface area contributed by atoms with Gasteiger partial charge in [-0.05, 0) is 61.2 Å². The second-order valence-corrected chi connectivity index (χ2v) is 8.00. The van der Waals surface area contributed by atoms with E-state index in [1.165, 1.54) is 0 Å². The van der Waals surface area contributed by atoms with Gasteiger partial charge in [0, 0.05) is 13.1 Å². The molecule has 0 radical (unpaired) electrons. The van der Waals surface area contributed by atoms with Crippen molar-refractivity contribution >= 4 is 10.0 Å². The minimum Gasteiger partial charge on any atom is -0.496 e. The zero-order chi connectivity index (χ0) is 16.8. The van der Waals surface area contributed by atoms with Crippen LogP contribution in [0, 0.1) is 20.8 Å². The Labute approximate surface area is 137 Å². The summed E-state index contributed by atoms with van der Waals surface area (Å²) in [6, 6.07) is 8.99. The average molecular weight is 331 g/mol. The Morgan fingerprint density at radius 2 is 1.61 bits per heavy atom. The molecule has 5 heteroatoms. The Kier molecular flexibility index (Phi) is 3.94. The fraction of sp³-hybridized carbons (Fsp3) is 0.333. The highest BCUT2D eigenvalue weighted by atomic mass is 32.2. The molecule has 2 aromatic carbocycles. The van der Waals surface area contributed by atoms with E-state index in [4.69, 9.17) is 4.74 Å². The molecule has 0 atom stereocenters. The number of fused-ring (bicyclic) bond motifs is 1. The molecule has 0 aromatic heterocycles. The number of hydrogen-bond donors (Lipinski definition) is 0. The Balaban J connectivity index is 2.00. The van der Waals surface area contributed by atoms with Gasteiger partial charge in [0.05, 0.1) is 12.0 Å². The number of aryl methyl sites for hydroxylation is 2. The topological polar surface area (TPSA) is 46.6 Å². The second kappa shape index (κ2) is 5.65. The first-order valence-electron chi connectivity index (χ1n) is 7.57. The second-order valence-electron chi connectivity index (χ2n) is 6.06. The van der Waals surface area contributed by atoms with Gasteiger partial charge in [0.2, 0.25) is 10.0 Å². The van der Waals surface area contributed by atoms with Crippen LogP contribution < -0.4 is 4.74 Å². The molecule has 122 valence electrons. The minimum atomic E-state index is -3.48. The van der Waals surface area contributed by atoms with E-state index in [1.807, 2.05) is 39.0 Å². The van der Waals surface area contributed by atoms with Crippen LogP contribution in [0.1, 0.15) is 27.8 Å². The molecular weight excluding hydrogens is 310 g/mol. The summed E-state index contributed by atoms with van der Waals surface area (Å²) in [5.41, 5.74) is 5.31. The van der Waals surface area contributed by atoms with Crippen LogP contribution in [-0.4, -0.2) is 19.8 Å². The van der Waals surface area contributed by atoms with Crippen molar-refractivity contribution in [1.82, 2.24) is 4.31 Å². The molecule has 0 fully saturated rings. The molecule has 0 unspecified atom stereocenters. The molecule has 1 aliphatic rings. The molecule has 0 saturated heterocycles. The number of rotatable bonds is 3. The lowest BCUT2D eigenvalue weighted by atomic mass is 9.99. The summed E-state index contributed by atoms with van der Waals surface area (Å²) in [5, 5.41) is 0. The van der Waals surface area contributed by atoms with Crippen LogP contribution in [0.4, 0.5) is 0 Å². The van der Waals surface area contributed by atoms with Gasteiger partial charge in [0.15, 0.2) is 0 Å². The third-order valence-electron chi connectivity index (χ3n) is 4.56.